The molecule has 24 heavy (non-hydrogen) atoms. The molecule has 0 saturated carbocycles. The van der Waals surface area contributed by atoms with E-state index in [0.29, 0.717) is 12.2 Å². The Kier molecular flexibility index (Phi) is 3.45. The number of hydrogen-bond donors (Lipinski definition) is 1. The Morgan fingerprint density at radius 1 is 1.29 bits per heavy atom. The lowest BCUT2D eigenvalue weighted by molar-refractivity contribution is -0.116. The fourth-order valence-electron chi connectivity index (χ4n) is 3.48. The van der Waals surface area contributed by atoms with E-state index in [9.17, 15) is 4.79 Å². The molecule has 6 heteroatoms. The Labute approximate surface area is 140 Å². The number of hydrogen-bond acceptors (Lipinski definition) is 3. The van der Waals surface area contributed by atoms with E-state index in [1.165, 1.54) is 0 Å². The number of nitrogens with zero attached hydrogens (tertiary/aromatic N) is 4. The lowest BCUT2D eigenvalue weighted by Crippen LogP contribution is -2.24. The van der Waals surface area contributed by atoms with Crippen molar-refractivity contribution in [3.63, 3.8) is 0 Å². The van der Waals surface area contributed by atoms with Gasteiger partial charge in [0, 0.05) is 48.2 Å². The predicted molar refractivity (Wildman–Crippen MR) is 91.3 cm³/mol. The Hall–Kier alpha value is -2.89. The molecule has 3 aromatic heterocycles. The smallest absolute Gasteiger partial charge is 0.226 e. The third kappa shape index (κ3) is 2.22. The lowest BCUT2D eigenvalue weighted by Gasteiger charge is -2.24. The largest absolute Gasteiger partial charge is 0.309 e. The Morgan fingerprint density at radius 3 is 2.92 bits per heavy atom. The zero-order valence-electron chi connectivity index (χ0n) is 13.7. The molecule has 0 bridgehead atoms. The summed E-state index contributed by atoms with van der Waals surface area (Å²) in [4.78, 5) is 16.6. The van der Waals surface area contributed by atoms with Crippen molar-refractivity contribution in [3.05, 3.63) is 59.7 Å². The van der Waals surface area contributed by atoms with Crippen molar-refractivity contribution >= 4 is 11.7 Å². The van der Waals surface area contributed by atoms with Gasteiger partial charge in [-0.05, 0) is 38.1 Å². The molecule has 3 aromatic rings. The monoisotopic (exact) mass is 321 g/mol. The van der Waals surface area contributed by atoms with Gasteiger partial charge in [-0.15, -0.1) is 0 Å². The first kappa shape index (κ1) is 14.7. The average molecular weight is 321 g/mol. The van der Waals surface area contributed by atoms with Crippen LogP contribution in [0.25, 0.3) is 5.82 Å². The number of aromatic nitrogens is 4. The maximum Gasteiger partial charge on any atom is 0.226 e. The first-order valence-electron chi connectivity index (χ1n) is 8.15. The zero-order chi connectivity index (χ0) is 16.7. The standard InChI is InChI=1S/C18H19N5O/c1-3-23-12(2)17-13(11-16(24)20-18(17)21-23)14-7-6-10-22(14)15-8-4-5-9-19-15/h4-10,13H,3,11H2,1-2H3,(H,20,21,24). The van der Waals surface area contributed by atoms with E-state index >= 15 is 0 Å². The van der Waals surface area contributed by atoms with Crippen LogP contribution in [-0.2, 0) is 11.3 Å². The third-order valence-corrected chi connectivity index (χ3v) is 4.58. The van der Waals surface area contributed by atoms with Gasteiger partial charge in [0.05, 0.1) is 0 Å². The van der Waals surface area contributed by atoms with Gasteiger partial charge in [0.15, 0.2) is 5.82 Å². The number of rotatable bonds is 3. The van der Waals surface area contributed by atoms with E-state index in [-0.39, 0.29) is 11.8 Å². The fraction of sp³-hybridized carbons (Fsp3) is 0.278. The van der Waals surface area contributed by atoms with Crippen LogP contribution in [0.5, 0.6) is 0 Å². The summed E-state index contributed by atoms with van der Waals surface area (Å²) in [5.74, 6) is 1.52. The highest BCUT2D eigenvalue weighted by Crippen LogP contribution is 2.39. The molecule has 1 aliphatic heterocycles. The SMILES string of the molecule is CCn1nc2c(c1C)C(c1cccn1-c1ccccn1)CC(=O)N2. The second-order valence-electron chi connectivity index (χ2n) is 5.96. The molecule has 1 N–H and O–H groups in total. The molecule has 0 aliphatic carbocycles. The van der Waals surface area contributed by atoms with Crippen LogP contribution in [-0.4, -0.2) is 25.2 Å². The second kappa shape index (κ2) is 5.63. The summed E-state index contributed by atoms with van der Waals surface area (Å²) in [6.45, 7) is 4.90. The number of carbonyl (C=O) groups excluding carboxylic acids is 1. The zero-order valence-corrected chi connectivity index (χ0v) is 13.7. The number of nitrogens with one attached hydrogen (secondary N) is 1. The molecule has 4 heterocycles. The summed E-state index contributed by atoms with van der Waals surface area (Å²) < 4.78 is 3.99. The molecule has 6 nitrogen and oxygen atoms in total. The Morgan fingerprint density at radius 2 is 2.17 bits per heavy atom. The van der Waals surface area contributed by atoms with Crippen molar-refractivity contribution in [1.82, 2.24) is 19.3 Å². The van der Waals surface area contributed by atoms with Gasteiger partial charge in [-0.3, -0.25) is 9.48 Å². The topological polar surface area (TPSA) is 64.7 Å². The van der Waals surface area contributed by atoms with Crippen molar-refractivity contribution < 1.29 is 4.79 Å². The summed E-state index contributed by atoms with van der Waals surface area (Å²) in [5.41, 5.74) is 3.27. The van der Waals surface area contributed by atoms with E-state index in [0.717, 1.165) is 29.3 Å². The highest BCUT2D eigenvalue weighted by Gasteiger charge is 2.33. The van der Waals surface area contributed by atoms with Crippen molar-refractivity contribution in [3.8, 4) is 5.82 Å². The number of pyridine rings is 1. The van der Waals surface area contributed by atoms with Gasteiger partial charge in [0.1, 0.15) is 5.82 Å². The van der Waals surface area contributed by atoms with E-state index in [2.05, 4.69) is 39.9 Å². The van der Waals surface area contributed by atoms with Crippen molar-refractivity contribution in [2.24, 2.45) is 0 Å². The van der Waals surface area contributed by atoms with Crippen LogP contribution in [0.15, 0.2) is 42.7 Å². The number of fused-ring (bicyclic) bond motifs is 1. The molecule has 1 unspecified atom stereocenters. The van der Waals surface area contributed by atoms with Crippen molar-refractivity contribution in [1.29, 1.82) is 0 Å². The fourth-order valence-corrected chi connectivity index (χ4v) is 3.48. The van der Waals surface area contributed by atoms with Gasteiger partial charge >= 0.3 is 0 Å². The van der Waals surface area contributed by atoms with Crippen molar-refractivity contribution in [2.45, 2.75) is 32.7 Å². The second-order valence-corrected chi connectivity index (χ2v) is 5.96. The average Bonchev–Trinajstić information content (AvgIpc) is 3.20. The van der Waals surface area contributed by atoms with E-state index < -0.39 is 0 Å². The summed E-state index contributed by atoms with van der Waals surface area (Å²) in [7, 11) is 0. The molecule has 0 saturated heterocycles. The molecule has 0 radical (unpaired) electrons. The van der Waals surface area contributed by atoms with Crippen molar-refractivity contribution in [2.75, 3.05) is 5.32 Å². The van der Waals surface area contributed by atoms with Crippen LogP contribution in [0.1, 0.15) is 36.2 Å². The van der Waals surface area contributed by atoms with Gasteiger partial charge < -0.3 is 9.88 Å². The molecule has 1 atom stereocenters. The van der Waals surface area contributed by atoms with Gasteiger partial charge in [-0.2, -0.15) is 5.10 Å². The number of aryl methyl sites for hydroxylation is 1. The van der Waals surface area contributed by atoms with E-state index in [4.69, 9.17) is 0 Å². The van der Waals surface area contributed by atoms with E-state index in [1.807, 2.05) is 35.1 Å². The van der Waals surface area contributed by atoms with Crippen LogP contribution in [0.3, 0.4) is 0 Å². The summed E-state index contributed by atoms with van der Waals surface area (Å²) in [6, 6.07) is 9.88. The quantitative estimate of drug-likeness (QED) is 0.807. The first-order chi connectivity index (χ1) is 11.7. The van der Waals surface area contributed by atoms with Gasteiger partial charge in [0.2, 0.25) is 5.91 Å². The maximum atomic E-state index is 12.2. The van der Waals surface area contributed by atoms with Crippen LogP contribution in [0.2, 0.25) is 0 Å². The molecule has 0 spiro atoms. The number of anilines is 1. The minimum absolute atomic E-state index is 0.00187. The van der Waals surface area contributed by atoms with Crippen LogP contribution >= 0.6 is 0 Å². The summed E-state index contributed by atoms with van der Waals surface area (Å²) in [5, 5.41) is 7.45. The Bertz CT molecular complexity index is 894. The lowest BCUT2D eigenvalue weighted by atomic mass is 9.89. The predicted octanol–water partition coefficient (Wildman–Crippen LogP) is 2.87. The van der Waals surface area contributed by atoms with E-state index in [1.54, 1.807) is 6.20 Å². The van der Waals surface area contributed by atoms with Crippen LogP contribution < -0.4 is 5.32 Å². The molecule has 4 rings (SSSR count). The third-order valence-electron chi connectivity index (χ3n) is 4.58. The van der Waals surface area contributed by atoms with Crippen LogP contribution in [0, 0.1) is 6.92 Å². The molecule has 0 fully saturated rings. The molecule has 122 valence electrons. The molecule has 1 aliphatic rings. The molecule has 1 amide bonds. The minimum atomic E-state index is -0.0222. The summed E-state index contributed by atoms with van der Waals surface area (Å²) in [6.07, 6.45) is 4.18. The van der Waals surface area contributed by atoms with Gasteiger partial charge in [-0.1, -0.05) is 6.07 Å². The number of amides is 1. The summed E-state index contributed by atoms with van der Waals surface area (Å²) >= 11 is 0. The highest BCUT2D eigenvalue weighted by molar-refractivity contribution is 5.94. The number of carbonyl (C=O) groups is 1. The Balaban J connectivity index is 1.86. The minimum Gasteiger partial charge on any atom is -0.309 e. The van der Waals surface area contributed by atoms with Gasteiger partial charge in [-0.25, -0.2) is 4.98 Å². The van der Waals surface area contributed by atoms with Crippen LogP contribution in [0.4, 0.5) is 5.82 Å². The first-order valence-corrected chi connectivity index (χ1v) is 8.15. The van der Waals surface area contributed by atoms with Gasteiger partial charge in [0.25, 0.3) is 0 Å². The highest BCUT2D eigenvalue weighted by atomic mass is 16.1. The molecular weight excluding hydrogens is 302 g/mol. The normalized spacial score (nSPS) is 16.8. The maximum absolute atomic E-state index is 12.2. The molecular formula is C18H19N5O. The molecule has 0 aromatic carbocycles.